The number of pyridine rings is 2. The van der Waals surface area contributed by atoms with Crippen LogP contribution in [0.4, 0.5) is 22.0 Å². The fraction of sp³-hybridized carbons (Fsp3) is 0.407. The van der Waals surface area contributed by atoms with E-state index in [1.165, 1.54) is 37.2 Å². The van der Waals surface area contributed by atoms with Crippen LogP contribution in [-0.4, -0.2) is 52.1 Å². The van der Waals surface area contributed by atoms with Crippen molar-refractivity contribution in [1.82, 2.24) is 19.8 Å². The Kier molecular flexibility index (Phi) is 9.44. The lowest BCUT2D eigenvalue weighted by Crippen LogP contribution is -2.21. The van der Waals surface area contributed by atoms with Gasteiger partial charge in [-0.3, -0.25) is 9.80 Å². The maximum Gasteiger partial charge on any atom is 0.200 e. The molecule has 39 heavy (non-hydrogen) atoms. The summed E-state index contributed by atoms with van der Waals surface area (Å²) in [5, 5.41) is 11.0. The van der Waals surface area contributed by atoms with Gasteiger partial charge in [-0.2, -0.15) is 0 Å². The summed E-state index contributed by atoms with van der Waals surface area (Å²) in [6.45, 7) is 1.94. The first-order chi connectivity index (χ1) is 18.5. The summed E-state index contributed by atoms with van der Waals surface area (Å²) in [6.07, 6.45) is 5.19. The van der Waals surface area contributed by atoms with E-state index < -0.39 is 40.8 Å². The summed E-state index contributed by atoms with van der Waals surface area (Å²) >= 11 is 11.6. The number of benzene rings is 1. The van der Waals surface area contributed by atoms with E-state index in [0.717, 1.165) is 13.0 Å². The standard InChI is InChI=1S/C17H14ClF5N2O.C10H13ClN2/c1-25-4-2-3-9(25)8-6-24-10(18)5-7(8)17(26)11-12(19)14(21)16(23)15(22)13(11)20;1-13-6-2-3-9(13)8-4-5-10(11)12-7-8/h5-6,9,17,26H,2-4H2,1H3;4-5,7,9H,2-3,6H2,1H3/t9-,17+;9-/m00/s1. The fourth-order valence-corrected chi connectivity index (χ4v) is 5.48. The van der Waals surface area contributed by atoms with Crippen molar-refractivity contribution in [1.29, 1.82) is 0 Å². The smallest absolute Gasteiger partial charge is 0.200 e. The third-order valence-electron chi connectivity index (χ3n) is 7.28. The van der Waals surface area contributed by atoms with Gasteiger partial charge in [0.25, 0.3) is 0 Å². The van der Waals surface area contributed by atoms with Crippen LogP contribution in [0.3, 0.4) is 0 Å². The minimum atomic E-state index is -2.28. The molecule has 3 aromatic rings. The van der Waals surface area contributed by atoms with E-state index in [1.807, 2.05) is 24.2 Å². The predicted octanol–water partition coefficient (Wildman–Crippen LogP) is 6.78. The molecule has 2 saturated heterocycles. The Morgan fingerprint density at radius 2 is 1.33 bits per heavy atom. The molecule has 3 atom stereocenters. The second-order valence-corrected chi connectivity index (χ2v) is 10.5. The summed E-state index contributed by atoms with van der Waals surface area (Å²) in [7, 11) is 3.98. The van der Waals surface area contributed by atoms with Crippen LogP contribution in [-0.2, 0) is 0 Å². The van der Waals surface area contributed by atoms with Crippen molar-refractivity contribution in [2.45, 2.75) is 43.9 Å². The van der Waals surface area contributed by atoms with Gasteiger partial charge in [-0.05, 0) is 81.7 Å². The first-order valence-electron chi connectivity index (χ1n) is 12.4. The van der Waals surface area contributed by atoms with Crippen LogP contribution in [0.25, 0.3) is 0 Å². The Hall–Kier alpha value is -2.37. The van der Waals surface area contributed by atoms with Crippen molar-refractivity contribution >= 4 is 23.2 Å². The molecule has 2 aliphatic rings. The Balaban J connectivity index is 0.000000226. The van der Waals surface area contributed by atoms with Crippen molar-refractivity contribution in [3.8, 4) is 0 Å². The van der Waals surface area contributed by atoms with Crippen molar-refractivity contribution < 1.29 is 27.1 Å². The first kappa shape index (κ1) is 29.6. The highest BCUT2D eigenvalue weighted by Gasteiger charge is 2.34. The number of aliphatic hydroxyl groups excluding tert-OH is 1. The molecule has 0 saturated carbocycles. The van der Waals surface area contributed by atoms with E-state index >= 15 is 0 Å². The summed E-state index contributed by atoms with van der Waals surface area (Å²) in [4.78, 5) is 12.3. The number of aliphatic hydroxyl groups is 1. The molecule has 0 radical (unpaired) electrons. The van der Waals surface area contributed by atoms with Gasteiger partial charge in [0, 0.05) is 24.5 Å². The number of hydrogen-bond donors (Lipinski definition) is 1. The second-order valence-electron chi connectivity index (χ2n) is 9.71. The van der Waals surface area contributed by atoms with Gasteiger partial charge in [0.2, 0.25) is 5.82 Å². The predicted molar refractivity (Wildman–Crippen MR) is 138 cm³/mol. The number of hydrogen-bond acceptors (Lipinski definition) is 5. The van der Waals surface area contributed by atoms with Crippen molar-refractivity contribution in [2.24, 2.45) is 0 Å². The summed E-state index contributed by atoms with van der Waals surface area (Å²) < 4.78 is 68.4. The summed E-state index contributed by atoms with van der Waals surface area (Å²) in [5.41, 5.74) is 0.341. The van der Waals surface area contributed by atoms with Crippen LogP contribution in [0.2, 0.25) is 10.3 Å². The van der Waals surface area contributed by atoms with Crippen molar-refractivity contribution in [3.05, 3.63) is 92.2 Å². The zero-order chi connectivity index (χ0) is 28.4. The second kappa shape index (κ2) is 12.4. The minimum absolute atomic E-state index is 0.0491. The monoisotopic (exact) mass is 588 g/mol. The van der Waals surface area contributed by atoms with E-state index in [0.29, 0.717) is 23.2 Å². The molecular formula is C27H27Cl2F5N4O. The van der Waals surface area contributed by atoms with E-state index in [2.05, 4.69) is 28.0 Å². The molecule has 5 nitrogen and oxygen atoms in total. The highest BCUT2D eigenvalue weighted by molar-refractivity contribution is 6.29. The third-order valence-corrected chi connectivity index (χ3v) is 7.71. The molecule has 0 aliphatic carbocycles. The molecule has 0 spiro atoms. The van der Waals surface area contributed by atoms with Gasteiger partial charge in [-0.1, -0.05) is 29.3 Å². The lowest BCUT2D eigenvalue weighted by molar-refractivity contribution is 0.198. The van der Waals surface area contributed by atoms with Gasteiger partial charge < -0.3 is 5.11 Å². The summed E-state index contributed by atoms with van der Waals surface area (Å²) in [6, 6.07) is 5.44. The lowest BCUT2D eigenvalue weighted by atomic mass is 9.93. The molecule has 0 amide bonds. The lowest BCUT2D eigenvalue weighted by Gasteiger charge is -2.25. The van der Waals surface area contributed by atoms with Gasteiger partial charge in [0.05, 0.1) is 5.56 Å². The Bertz CT molecular complexity index is 1300. The highest BCUT2D eigenvalue weighted by Crippen LogP contribution is 2.39. The van der Waals surface area contributed by atoms with Crippen LogP contribution in [0.1, 0.15) is 66.1 Å². The van der Waals surface area contributed by atoms with E-state index in [-0.39, 0.29) is 16.8 Å². The van der Waals surface area contributed by atoms with Crippen LogP contribution in [0.15, 0.2) is 30.6 Å². The quantitative estimate of drug-likeness (QED) is 0.157. The van der Waals surface area contributed by atoms with Gasteiger partial charge in [0.1, 0.15) is 16.4 Å². The molecular weight excluding hydrogens is 562 g/mol. The molecule has 4 heterocycles. The van der Waals surface area contributed by atoms with E-state index in [9.17, 15) is 27.1 Å². The zero-order valence-electron chi connectivity index (χ0n) is 21.2. The van der Waals surface area contributed by atoms with Crippen molar-refractivity contribution in [2.75, 3.05) is 27.2 Å². The molecule has 0 bridgehead atoms. The Labute approximate surface area is 233 Å². The third kappa shape index (κ3) is 6.20. The SMILES string of the molecule is CN1CCC[C@H]1c1ccc(Cl)nc1.CN1CCC[C@H]1c1cnc(Cl)cc1[C@@H](O)c1c(F)c(F)c(F)c(F)c1F. The molecule has 12 heteroatoms. The zero-order valence-corrected chi connectivity index (χ0v) is 22.8. The van der Waals surface area contributed by atoms with Gasteiger partial charge in [-0.15, -0.1) is 0 Å². The molecule has 2 aliphatic heterocycles. The molecule has 1 N–H and O–H groups in total. The fourth-order valence-electron chi connectivity index (χ4n) is 5.21. The average Bonchev–Trinajstić information content (AvgIpc) is 3.55. The molecule has 1 aromatic carbocycles. The Morgan fingerprint density at radius 1 is 0.795 bits per heavy atom. The van der Waals surface area contributed by atoms with E-state index in [4.69, 9.17) is 23.2 Å². The number of likely N-dealkylation sites (tertiary alicyclic amines) is 2. The van der Waals surface area contributed by atoms with Crippen LogP contribution >= 0.6 is 23.2 Å². The maximum atomic E-state index is 14.1. The average molecular weight is 589 g/mol. The Morgan fingerprint density at radius 3 is 1.85 bits per heavy atom. The van der Waals surface area contributed by atoms with Gasteiger partial charge in [0.15, 0.2) is 23.3 Å². The van der Waals surface area contributed by atoms with Gasteiger partial charge in [-0.25, -0.2) is 31.9 Å². The normalized spacial score (nSPS) is 20.7. The molecule has 2 aromatic heterocycles. The first-order valence-corrected chi connectivity index (χ1v) is 13.1. The van der Waals surface area contributed by atoms with E-state index in [1.54, 1.807) is 0 Å². The van der Waals surface area contributed by atoms with Crippen LogP contribution in [0.5, 0.6) is 0 Å². The topological polar surface area (TPSA) is 52.5 Å². The summed E-state index contributed by atoms with van der Waals surface area (Å²) in [5.74, 6) is -10.7. The number of nitrogens with zero attached hydrogens (tertiary/aromatic N) is 4. The number of rotatable bonds is 4. The highest BCUT2D eigenvalue weighted by atomic mass is 35.5. The molecule has 0 unspecified atom stereocenters. The van der Waals surface area contributed by atoms with Crippen LogP contribution in [0, 0.1) is 29.1 Å². The molecule has 5 rings (SSSR count). The van der Waals surface area contributed by atoms with Gasteiger partial charge >= 0.3 is 0 Å². The molecule has 210 valence electrons. The number of halogens is 7. The van der Waals surface area contributed by atoms with Crippen molar-refractivity contribution in [3.63, 3.8) is 0 Å². The number of aromatic nitrogens is 2. The minimum Gasteiger partial charge on any atom is -0.383 e. The largest absolute Gasteiger partial charge is 0.383 e. The molecule has 2 fully saturated rings. The van der Waals surface area contributed by atoms with Crippen LogP contribution < -0.4 is 0 Å². The maximum absolute atomic E-state index is 14.1.